The molecule has 6 heteroatoms. The lowest BCUT2D eigenvalue weighted by atomic mass is 10.1. The van der Waals surface area contributed by atoms with Crippen molar-refractivity contribution >= 4 is 28.5 Å². The van der Waals surface area contributed by atoms with Gasteiger partial charge in [-0.3, -0.25) is 0 Å². The van der Waals surface area contributed by atoms with Crippen LogP contribution in [-0.4, -0.2) is 45.2 Å². The average molecular weight is 295 g/mol. The Kier molecular flexibility index (Phi) is 3.34. The van der Waals surface area contributed by atoms with E-state index in [-0.39, 0.29) is 11.7 Å². The predicted molar refractivity (Wildman–Crippen MR) is 80.4 cm³/mol. The van der Waals surface area contributed by atoms with Crippen molar-refractivity contribution in [2.45, 2.75) is 25.6 Å². The number of aromatic nitrogens is 3. The molecule has 1 aliphatic rings. The van der Waals surface area contributed by atoms with Gasteiger partial charge in [0, 0.05) is 26.3 Å². The van der Waals surface area contributed by atoms with E-state index in [9.17, 15) is 0 Å². The van der Waals surface area contributed by atoms with Crippen LogP contribution in [-0.2, 0) is 11.8 Å². The van der Waals surface area contributed by atoms with Crippen LogP contribution in [0.2, 0.25) is 0 Å². The molecular weight excluding hydrogens is 276 g/mol. The quantitative estimate of drug-likeness (QED) is 0.797. The van der Waals surface area contributed by atoms with Crippen molar-refractivity contribution in [3.05, 3.63) is 18.6 Å². The number of pyridine rings is 1. The minimum Gasteiger partial charge on any atom is -0.367 e. The van der Waals surface area contributed by atoms with Crippen LogP contribution >= 0.6 is 11.6 Å². The lowest BCUT2D eigenvalue weighted by molar-refractivity contribution is -0.0735. The first-order valence-corrected chi connectivity index (χ1v) is 7.28. The summed E-state index contributed by atoms with van der Waals surface area (Å²) in [4.78, 5) is 11.2. The summed E-state index contributed by atoms with van der Waals surface area (Å²) < 4.78 is 7.97. The Morgan fingerprint density at radius 3 is 3.00 bits per heavy atom. The standard InChI is InChI=1S/C14H19ClN4O/c1-14(2)8-19(7-10(6-15)20-14)13-12-11(4-5-16-13)18(3)9-17-12/h4-5,9-10H,6-8H2,1-3H3. The zero-order valence-corrected chi connectivity index (χ0v) is 12.8. The minimum absolute atomic E-state index is 0.0150. The van der Waals surface area contributed by atoms with Crippen molar-refractivity contribution in [3.8, 4) is 0 Å². The molecule has 1 fully saturated rings. The van der Waals surface area contributed by atoms with E-state index in [1.54, 1.807) is 0 Å². The maximum atomic E-state index is 5.99. The fraction of sp³-hybridized carbons (Fsp3) is 0.571. The molecule has 5 nitrogen and oxygen atoms in total. The Morgan fingerprint density at radius 2 is 2.25 bits per heavy atom. The molecule has 1 aliphatic heterocycles. The molecule has 0 saturated carbocycles. The average Bonchev–Trinajstić information content (AvgIpc) is 2.79. The van der Waals surface area contributed by atoms with Gasteiger partial charge in [0.25, 0.3) is 0 Å². The summed E-state index contributed by atoms with van der Waals surface area (Å²) >= 11 is 5.99. The van der Waals surface area contributed by atoms with E-state index in [1.165, 1.54) is 0 Å². The predicted octanol–water partition coefficient (Wildman–Crippen LogP) is 2.19. The van der Waals surface area contributed by atoms with Crippen LogP contribution in [0.25, 0.3) is 11.0 Å². The largest absolute Gasteiger partial charge is 0.367 e. The Hall–Kier alpha value is -1.33. The third kappa shape index (κ3) is 2.36. The van der Waals surface area contributed by atoms with Crippen molar-refractivity contribution in [2.24, 2.45) is 7.05 Å². The number of hydrogen-bond acceptors (Lipinski definition) is 4. The number of anilines is 1. The van der Waals surface area contributed by atoms with E-state index in [2.05, 4.69) is 28.7 Å². The number of halogens is 1. The summed E-state index contributed by atoms with van der Waals surface area (Å²) in [5.74, 6) is 1.40. The molecule has 0 aromatic carbocycles. The Balaban J connectivity index is 2.01. The van der Waals surface area contributed by atoms with E-state index in [0.717, 1.165) is 29.9 Å². The zero-order valence-electron chi connectivity index (χ0n) is 12.0. The first kappa shape index (κ1) is 13.6. The zero-order chi connectivity index (χ0) is 14.3. The highest BCUT2D eigenvalue weighted by molar-refractivity contribution is 6.18. The smallest absolute Gasteiger partial charge is 0.156 e. The normalized spacial score (nSPS) is 22.4. The van der Waals surface area contributed by atoms with Crippen LogP contribution in [0.1, 0.15) is 13.8 Å². The van der Waals surface area contributed by atoms with E-state index < -0.39 is 0 Å². The second-order valence-corrected chi connectivity index (χ2v) is 6.20. The second kappa shape index (κ2) is 4.90. The highest BCUT2D eigenvalue weighted by Gasteiger charge is 2.34. The van der Waals surface area contributed by atoms with Crippen molar-refractivity contribution in [1.29, 1.82) is 0 Å². The summed E-state index contributed by atoms with van der Waals surface area (Å²) in [6.45, 7) is 5.69. The summed E-state index contributed by atoms with van der Waals surface area (Å²) in [5, 5.41) is 0. The van der Waals surface area contributed by atoms with Gasteiger partial charge in [0.2, 0.25) is 0 Å². The van der Waals surface area contributed by atoms with Gasteiger partial charge in [-0.25, -0.2) is 9.97 Å². The molecule has 1 unspecified atom stereocenters. The number of ether oxygens (including phenoxy) is 1. The summed E-state index contributed by atoms with van der Waals surface area (Å²) in [5.41, 5.74) is 1.78. The van der Waals surface area contributed by atoms with Crippen molar-refractivity contribution in [3.63, 3.8) is 0 Å². The lowest BCUT2D eigenvalue weighted by Gasteiger charge is -2.42. The van der Waals surface area contributed by atoms with Gasteiger partial charge in [-0.15, -0.1) is 11.6 Å². The number of imidazole rings is 1. The third-order valence-electron chi connectivity index (χ3n) is 3.58. The van der Waals surface area contributed by atoms with Gasteiger partial charge in [0.1, 0.15) is 5.52 Å². The van der Waals surface area contributed by atoms with Crippen LogP contribution < -0.4 is 4.90 Å². The van der Waals surface area contributed by atoms with Crippen LogP contribution in [0.5, 0.6) is 0 Å². The van der Waals surface area contributed by atoms with Gasteiger partial charge in [0.15, 0.2) is 5.82 Å². The molecule has 2 aromatic heterocycles. The van der Waals surface area contributed by atoms with Gasteiger partial charge < -0.3 is 14.2 Å². The number of morpholine rings is 1. The molecule has 0 bridgehead atoms. The van der Waals surface area contributed by atoms with Crippen LogP contribution in [0.4, 0.5) is 5.82 Å². The maximum Gasteiger partial charge on any atom is 0.156 e. The third-order valence-corrected chi connectivity index (χ3v) is 3.92. The highest BCUT2D eigenvalue weighted by Crippen LogP contribution is 2.29. The fourth-order valence-electron chi connectivity index (χ4n) is 2.82. The van der Waals surface area contributed by atoms with E-state index >= 15 is 0 Å². The molecule has 0 amide bonds. The Bertz CT molecular complexity index is 625. The van der Waals surface area contributed by atoms with Crippen molar-refractivity contribution in [2.75, 3.05) is 23.9 Å². The van der Waals surface area contributed by atoms with Gasteiger partial charge in [-0.05, 0) is 19.9 Å². The molecule has 0 radical (unpaired) electrons. The molecule has 0 N–H and O–H groups in total. The van der Waals surface area contributed by atoms with Gasteiger partial charge in [-0.1, -0.05) is 0 Å². The minimum atomic E-state index is -0.240. The molecule has 0 aliphatic carbocycles. The van der Waals surface area contributed by atoms with Crippen LogP contribution in [0.15, 0.2) is 18.6 Å². The second-order valence-electron chi connectivity index (χ2n) is 5.89. The molecule has 1 atom stereocenters. The number of hydrogen-bond donors (Lipinski definition) is 0. The first-order chi connectivity index (χ1) is 9.50. The fourth-order valence-corrected chi connectivity index (χ4v) is 2.98. The molecule has 3 rings (SSSR count). The molecule has 20 heavy (non-hydrogen) atoms. The lowest BCUT2D eigenvalue weighted by Crippen LogP contribution is -2.53. The van der Waals surface area contributed by atoms with Crippen LogP contribution in [0.3, 0.4) is 0 Å². The number of aryl methyl sites for hydroxylation is 1. The molecular formula is C14H19ClN4O. The summed E-state index contributed by atoms with van der Waals surface area (Å²) in [6.07, 6.45) is 3.67. The number of alkyl halides is 1. The summed E-state index contributed by atoms with van der Waals surface area (Å²) in [7, 11) is 1.99. The van der Waals surface area contributed by atoms with E-state index in [4.69, 9.17) is 16.3 Å². The molecule has 2 aromatic rings. The summed E-state index contributed by atoms with van der Waals surface area (Å²) in [6, 6.07) is 1.98. The Labute approximate surface area is 123 Å². The number of fused-ring (bicyclic) bond motifs is 1. The van der Waals surface area contributed by atoms with Gasteiger partial charge in [0.05, 0.1) is 29.4 Å². The van der Waals surface area contributed by atoms with Crippen molar-refractivity contribution in [1.82, 2.24) is 14.5 Å². The first-order valence-electron chi connectivity index (χ1n) is 6.75. The van der Waals surface area contributed by atoms with E-state index in [0.29, 0.717) is 5.88 Å². The maximum absolute atomic E-state index is 5.99. The molecule has 1 saturated heterocycles. The number of rotatable bonds is 2. The highest BCUT2D eigenvalue weighted by atomic mass is 35.5. The molecule has 0 spiro atoms. The van der Waals surface area contributed by atoms with Crippen molar-refractivity contribution < 1.29 is 4.74 Å². The monoisotopic (exact) mass is 294 g/mol. The van der Waals surface area contributed by atoms with Crippen LogP contribution in [0, 0.1) is 0 Å². The van der Waals surface area contributed by atoms with E-state index in [1.807, 2.05) is 30.2 Å². The molecule has 3 heterocycles. The van der Waals surface area contributed by atoms with Gasteiger partial charge in [-0.2, -0.15) is 0 Å². The Morgan fingerprint density at radius 1 is 1.45 bits per heavy atom. The number of nitrogens with zero attached hydrogens (tertiary/aromatic N) is 4. The van der Waals surface area contributed by atoms with Gasteiger partial charge >= 0.3 is 0 Å². The molecule has 108 valence electrons. The SMILES string of the molecule is Cn1cnc2c(N3CC(CCl)OC(C)(C)C3)nccc21. The topological polar surface area (TPSA) is 43.2 Å².